The summed E-state index contributed by atoms with van der Waals surface area (Å²) in [7, 11) is 0. The van der Waals surface area contributed by atoms with Crippen LogP contribution in [-0.4, -0.2) is 39.1 Å². The highest BCUT2D eigenvalue weighted by Gasteiger charge is 2.17. The number of carbonyl (C=O) groups excluding carboxylic acids is 1. The van der Waals surface area contributed by atoms with Gasteiger partial charge in [-0.15, -0.1) is 0 Å². The number of quaternary nitrogens is 1. The summed E-state index contributed by atoms with van der Waals surface area (Å²) in [5.41, 5.74) is 1.73. The van der Waals surface area contributed by atoms with Crippen LogP contribution in [0.4, 0.5) is 0 Å². The number of nitrogens with one attached hydrogen (secondary N) is 1. The van der Waals surface area contributed by atoms with Crippen LogP contribution in [0.25, 0.3) is 0 Å². The van der Waals surface area contributed by atoms with E-state index in [0.29, 0.717) is 22.8 Å². The van der Waals surface area contributed by atoms with Crippen LogP contribution in [0.1, 0.15) is 15.9 Å². The maximum Gasteiger partial charge on any atom is 0.343 e. The molecule has 4 rings (SSSR count). The van der Waals surface area contributed by atoms with Gasteiger partial charge in [0.1, 0.15) is 25.4 Å². The van der Waals surface area contributed by atoms with Crippen LogP contribution in [0.2, 0.25) is 0 Å². The zero-order valence-corrected chi connectivity index (χ0v) is 13.8. The Balaban J connectivity index is 1.38. The van der Waals surface area contributed by atoms with E-state index in [1.807, 2.05) is 24.3 Å². The van der Waals surface area contributed by atoms with Crippen molar-refractivity contribution in [2.24, 2.45) is 0 Å². The maximum atomic E-state index is 12.3. The molecule has 6 nitrogen and oxygen atoms in total. The number of ether oxygens (including phenoxy) is 4. The normalized spacial score (nSPS) is 16.6. The SMILES string of the molecule is O=C(Oc1ccc2c(c1)OCO2)c1ccc(C[NH+]2CCOCC2)cc1. The molecule has 0 bridgehead atoms. The lowest BCUT2D eigenvalue weighted by Gasteiger charge is -2.23. The Bertz CT molecular complexity index is 753. The molecule has 0 amide bonds. The lowest BCUT2D eigenvalue weighted by molar-refractivity contribution is -0.921. The molecule has 6 heteroatoms. The summed E-state index contributed by atoms with van der Waals surface area (Å²) in [5.74, 6) is 1.31. The van der Waals surface area contributed by atoms with Crippen molar-refractivity contribution in [1.29, 1.82) is 0 Å². The number of morpholine rings is 1. The highest BCUT2D eigenvalue weighted by Crippen LogP contribution is 2.35. The zero-order chi connectivity index (χ0) is 17.1. The van der Waals surface area contributed by atoms with Crippen LogP contribution in [0.15, 0.2) is 42.5 Å². The summed E-state index contributed by atoms with van der Waals surface area (Å²) in [5, 5.41) is 0. The molecule has 25 heavy (non-hydrogen) atoms. The fourth-order valence-corrected chi connectivity index (χ4v) is 2.99. The smallest absolute Gasteiger partial charge is 0.343 e. The highest BCUT2D eigenvalue weighted by atomic mass is 16.7. The number of benzene rings is 2. The van der Waals surface area contributed by atoms with Gasteiger partial charge in [0.15, 0.2) is 11.5 Å². The Kier molecular flexibility index (Phi) is 4.54. The molecule has 1 saturated heterocycles. The largest absolute Gasteiger partial charge is 0.454 e. The molecule has 2 aliphatic rings. The van der Waals surface area contributed by atoms with Gasteiger partial charge in [0.2, 0.25) is 6.79 Å². The summed E-state index contributed by atoms with van der Waals surface area (Å²) in [4.78, 5) is 13.8. The third kappa shape index (κ3) is 3.75. The minimum atomic E-state index is -0.385. The summed E-state index contributed by atoms with van der Waals surface area (Å²) < 4.78 is 21.3. The molecule has 0 unspecified atom stereocenters. The van der Waals surface area contributed by atoms with Crippen molar-refractivity contribution in [2.45, 2.75) is 6.54 Å². The first-order chi connectivity index (χ1) is 12.3. The second-order valence-electron chi connectivity index (χ2n) is 6.14. The van der Waals surface area contributed by atoms with Gasteiger partial charge < -0.3 is 23.8 Å². The molecule has 0 aliphatic carbocycles. The molecule has 1 N–H and O–H groups in total. The predicted molar refractivity (Wildman–Crippen MR) is 89.2 cm³/mol. The molecule has 2 heterocycles. The lowest BCUT2D eigenvalue weighted by atomic mass is 10.1. The minimum absolute atomic E-state index is 0.194. The summed E-state index contributed by atoms with van der Waals surface area (Å²) in [6, 6.07) is 12.7. The second kappa shape index (κ2) is 7.13. The average molecular weight is 342 g/mol. The van der Waals surface area contributed by atoms with E-state index >= 15 is 0 Å². The van der Waals surface area contributed by atoms with Crippen LogP contribution in [0, 0.1) is 0 Å². The Labute approximate surface area is 145 Å². The van der Waals surface area contributed by atoms with Crippen LogP contribution in [0.5, 0.6) is 17.2 Å². The van der Waals surface area contributed by atoms with Gasteiger partial charge >= 0.3 is 5.97 Å². The molecular formula is C19H20NO5+. The molecular weight excluding hydrogens is 322 g/mol. The molecule has 0 atom stereocenters. The van der Waals surface area contributed by atoms with Crippen LogP contribution in [0.3, 0.4) is 0 Å². The Morgan fingerprint density at radius 3 is 2.56 bits per heavy atom. The molecule has 2 aliphatic heterocycles. The molecule has 130 valence electrons. The number of carbonyl (C=O) groups is 1. The number of esters is 1. The zero-order valence-electron chi connectivity index (χ0n) is 13.8. The van der Waals surface area contributed by atoms with Gasteiger partial charge in [-0.25, -0.2) is 4.79 Å². The first kappa shape index (κ1) is 15.9. The lowest BCUT2D eigenvalue weighted by Crippen LogP contribution is -3.12. The molecule has 0 radical (unpaired) electrons. The summed E-state index contributed by atoms with van der Waals surface area (Å²) in [6.07, 6.45) is 0. The van der Waals surface area contributed by atoms with Gasteiger partial charge in [-0.05, 0) is 24.3 Å². The minimum Gasteiger partial charge on any atom is -0.454 e. The van der Waals surface area contributed by atoms with E-state index in [4.69, 9.17) is 18.9 Å². The highest BCUT2D eigenvalue weighted by molar-refractivity contribution is 5.91. The van der Waals surface area contributed by atoms with Crippen molar-refractivity contribution in [3.05, 3.63) is 53.6 Å². The Morgan fingerprint density at radius 1 is 1.00 bits per heavy atom. The standard InChI is InChI=1S/C19H19NO5/c21-19(25-16-5-6-17-18(11-16)24-13-23-17)15-3-1-14(2-4-15)12-20-7-9-22-10-8-20/h1-6,11H,7-10,12-13H2/p+1. The number of hydrogen-bond acceptors (Lipinski definition) is 5. The molecule has 0 aromatic heterocycles. The van der Waals surface area contributed by atoms with Crippen LogP contribution >= 0.6 is 0 Å². The first-order valence-corrected chi connectivity index (χ1v) is 8.40. The van der Waals surface area contributed by atoms with Crippen LogP contribution < -0.4 is 19.1 Å². The van der Waals surface area contributed by atoms with Crippen molar-refractivity contribution >= 4 is 5.97 Å². The summed E-state index contributed by atoms with van der Waals surface area (Å²) in [6.45, 7) is 4.81. The molecule has 2 aromatic carbocycles. The van der Waals surface area contributed by atoms with E-state index in [1.54, 1.807) is 18.2 Å². The summed E-state index contributed by atoms with van der Waals surface area (Å²) >= 11 is 0. The Morgan fingerprint density at radius 2 is 1.76 bits per heavy atom. The number of hydrogen-bond donors (Lipinski definition) is 1. The number of fused-ring (bicyclic) bond motifs is 1. The monoisotopic (exact) mass is 342 g/mol. The van der Waals surface area contributed by atoms with Crippen molar-refractivity contribution in [2.75, 3.05) is 33.1 Å². The van der Waals surface area contributed by atoms with E-state index in [-0.39, 0.29) is 12.8 Å². The fraction of sp³-hybridized carbons (Fsp3) is 0.316. The first-order valence-electron chi connectivity index (χ1n) is 8.40. The van der Waals surface area contributed by atoms with E-state index in [2.05, 4.69) is 0 Å². The van der Waals surface area contributed by atoms with E-state index in [9.17, 15) is 4.79 Å². The van der Waals surface area contributed by atoms with Gasteiger partial charge in [-0.3, -0.25) is 0 Å². The van der Waals surface area contributed by atoms with Crippen molar-refractivity contribution in [3.8, 4) is 17.2 Å². The van der Waals surface area contributed by atoms with Crippen molar-refractivity contribution in [3.63, 3.8) is 0 Å². The van der Waals surface area contributed by atoms with E-state index in [1.165, 1.54) is 10.5 Å². The number of rotatable bonds is 4. The third-order valence-corrected chi connectivity index (χ3v) is 4.40. The molecule has 0 spiro atoms. The molecule has 2 aromatic rings. The van der Waals surface area contributed by atoms with Crippen molar-refractivity contribution in [1.82, 2.24) is 0 Å². The van der Waals surface area contributed by atoms with Crippen molar-refractivity contribution < 1.29 is 28.6 Å². The Hall–Kier alpha value is -2.57. The van der Waals surface area contributed by atoms with Crippen LogP contribution in [-0.2, 0) is 11.3 Å². The predicted octanol–water partition coefficient (Wildman–Crippen LogP) is 1.05. The third-order valence-electron chi connectivity index (χ3n) is 4.40. The van der Waals surface area contributed by atoms with E-state index in [0.717, 1.165) is 32.8 Å². The molecule has 1 fully saturated rings. The topological polar surface area (TPSA) is 58.4 Å². The van der Waals surface area contributed by atoms with Gasteiger partial charge in [-0.2, -0.15) is 0 Å². The fourth-order valence-electron chi connectivity index (χ4n) is 2.99. The van der Waals surface area contributed by atoms with Gasteiger partial charge in [0, 0.05) is 11.6 Å². The average Bonchev–Trinajstić information content (AvgIpc) is 3.11. The molecule has 0 saturated carbocycles. The van der Waals surface area contributed by atoms with Gasteiger partial charge in [0.25, 0.3) is 0 Å². The van der Waals surface area contributed by atoms with Gasteiger partial charge in [-0.1, -0.05) is 12.1 Å². The van der Waals surface area contributed by atoms with Gasteiger partial charge in [0.05, 0.1) is 18.8 Å². The maximum absolute atomic E-state index is 12.3. The van der Waals surface area contributed by atoms with E-state index < -0.39 is 0 Å². The second-order valence-corrected chi connectivity index (χ2v) is 6.14. The quantitative estimate of drug-likeness (QED) is 0.665.